The van der Waals surface area contributed by atoms with Gasteiger partial charge in [0, 0.05) is 25.0 Å². The molecule has 2 atom stereocenters. The number of ether oxygens (including phenoxy) is 1. The van der Waals surface area contributed by atoms with Crippen LogP contribution < -0.4 is 5.73 Å². The maximum atomic E-state index is 12.6. The SMILES string of the molecule is Cc1ncccc1C(=O)N1CCC([C@@H]2CC[C@H](C(N)=O)O2)CC1. The summed E-state index contributed by atoms with van der Waals surface area (Å²) in [4.78, 5) is 29.9. The Morgan fingerprint density at radius 1 is 1.26 bits per heavy atom. The van der Waals surface area contributed by atoms with Crippen LogP contribution >= 0.6 is 0 Å². The van der Waals surface area contributed by atoms with E-state index in [1.807, 2.05) is 17.9 Å². The van der Waals surface area contributed by atoms with Gasteiger partial charge in [-0.25, -0.2) is 0 Å². The molecule has 2 aliphatic rings. The Balaban J connectivity index is 1.56. The van der Waals surface area contributed by atoms with Gasteiger partial charge in [0.15, 0.2) is 0 Å². The fourth-order valence-electron chi connectivity index (χ4n) is 3.57. The van der Waals surface area contributed by atoms with Gasteiger partial charge in [0.25, 0.3) is 5.91 Å². The van der Waals surface area contributed by atoms with E-state index in [0.717, 1.165) is 38.0 Å². The number of piperidine rings is 1. The topological polar surface area (TPSA) is 85.5 Å². The number of primary amides is 1. The third kappa shape index (κ3) is 3.37. The highest BCUT2D eigenvalue weighted by Crippen LogP contribution is 2.32. The Hall–Kier alpha value is -1.95. The lowest BCUT2D eigenvalue weighted by Crippen LogP contribution is -2.42. The Labute approximate surface area is 136 Å². The number of hydrogen-bond acceptors (Lipinski definition) is 4. The van der Waals surface area contributed by atoms with Gasteiger partial charge in [-0.15, -0.1) is 0 Å². The second-order valence-corrected chi connectivity index (χ2v) is 6.41. The number of amides is 2. The Morgan fingerprint density at radius 3 is 2.61 bits per heavy atom. The lowest BCUT2D eigenvalue weighted by molar-refractivity contribution is -0.130. The maximum absolute atomic E-state index is 12.6. The summed E-state index contributed by atoms with van der Waals surface area (Å²) < 4.78 is 5.77. The number of carbonyl (C=O) groups excluding carboxylic acids is 2. The van der Waals surface area contributed by atoms with Gasteiger partial charge < -0.3 is 15.4 Å². The Bertz CT molecular complexity index is 597. The average Bonchev–Trinajstić information content (AvgIpc) is 3.05. The minimum Gasteiger partial charge on any atom is -0.367 e. The van der Waals surface area contributed by atoms with E-state index in [4.69, 9.17) is 10.5 Å². The molecule has 1 aromatic heterocycles. The number of hydrogen-bond donors (Lipinski definition) is 1. The third-order valence-electron chi connectivity index (χ3n) is 4.96. The zero-order chi connectivity index (χ0) is 16.4. The molecule has 6 heteroatoms. The summed E-state index contributed by atoms with van der Waals surface area (Å²) in [5.41, 5.74) is 6.75. The van der Waals surface area contributed by atoms with Crippen molar-refractivity contribution in [2.75, 3.05) is 13.1 Å². The van der Waals surface area contributed by atoms with Crippen molar-refractivity contribution in [3.8, 4) is 0 Å². The number of carbonyl (C=O) groups is 2. The highest BCUT2D eigenvalue weighted by molar-refractivity contribution is 5.95. The summed E-state index contributed by atoms with van der Waals surface area (Å²) >= 11 is 0. The molecule has 2 fully saturated rings. The first-order valence-corrected chi connectivity index (χ1v) is 8.22. The van der Waals surface area contributed by atoms with E-state index in [-0.39, 0.29) is 17.9 Å². The van der Waals surface area contributed by atoms with E-state index in [9.17, 15) is 9.59 Å². The van der Waals surface area contributed by atoms with Crippen molar-refractivity contribution in [3.63, 3.8) is 0 Å². The lowest BCUT2D eigenvalue weighted by atomic mass is 9.89. The van der Waals surface area contributed by atoms with E-state index >= 15 is 0 Å². The van der Waals surface area contributed by atoms with Crippen molar-refractivity contribution in [2.45, 2.75) is 44.8 Å². The van der Waals surface area contributed by atoms with Gasteiger partial charge in [0.1, 0.15) is 6.10 Å². The zero-order valence-electron chi connectivity index (χ0n) is 13.4. The predicted octanol–water partition coefficient (Wildman–Crippen LogP) is 1.28. The molecule has 3 heterocycles. The number of pyridine rings is 1. The fourth-order valence-corrected chi connectivity index (χ4v) is 3.57. The minimum atomic E-state index is -0.433. The fraction of sp³-hybridized carbons (Fsp3) is 0.588. The standard InChI is InChI=1S/C17H23N3O3/c1-11-13(3-2-8-19-11)17(22)20-9-6-12(7-10-20)14-4-5-15(23-14)16(18)21/h2-3,8,12,14-15H,4-7,9-10H2,1H3,(H2,18,21)/t14-,15+/m0/s1. The molecule has 0 spiro atoms. The average molecular weight is 317 g/mol. The van der Waals surface area contributed by atoms with Crippen LogP contribution in [0, 0.1) is 12.8 Å². The quantitative estimate of drug-likeness (QED) is 0.910. The van der Waals surface area contributed by atoms with Gasteiger partial charge >= 0.3 is 0 Å². The van der Waals surface area contributed by atoms with Crippen LogP contribution in [0.25, 0.3) is 0 Å². The Morgan fingerprint density at radius 2 is 2.00 bits per heavy atom. The smallest absolute Gasteiger partial charge is 0.255 e. The van der Waals surface area contributed by atoms with Gasteiger partial charge in [-0.05, 0) is 50.7 Å². The first kappa shape index (κ1) is 15.9. The molecule has 2 N–H and O–H groups in total. The summed E-state index contributed by atoms with van der Waals surface area (Å²) in [6.45, 7) is 3.30. The molecule has 6 nitrogen and oxygen atoms in total. The summed E-state index contributed by atoms with van der Waals surface area (Å²) in [5, 5.41) is 0. The van der Waals surface area contributed by atoms with Gasteiger partial charge in [-0.3, -0.25) is 14.6 Å². The second kappa shape index (κ2) is 6.66. The van der Waals surface area contributed by atoms with Gasteiger partial charge in [0.05, 0.1) is 11.7 Å². The molecule has 3 rings (SSSR count). The van der Waals surface area contributed by atoms with Crippen LogP contribution in [0.5, 0.6) is 0 Å². The van der Waals surface area contributed by atoms with Crippen molar-refractivity contribution in [3.05, 3.63) is 29.6 Å². The lowest BCUT2D eigenvalue weighted by Gasteiger charge is -2.34. The first-order valence-electron chi connectivity index (χ1n) is 8.22. The van der Waals surface area contributed by atoms with Gasteiger partial charge in [-0.2, -0.15) is 0 Å². The monoisotopic (exact) mass is 317 g/mol. The van der Waals surface area contributed by atoms with Crippen LogP contribution in [0.4, 0.5) is 0 Å². The van der Waals surface area contributed by atoms with Gasteiger partial charge in [-0.1, -0.05) is 0 Å². The molecular weight excluding hydrogens is 294 g/mol. The number of nitrogens with zero attached hydrogens (tertiary/aromatic N) is 2. The van der Waals surface area contributed by atoms with Crippen LogP contribution in [0.3, 0.4) is 0 Å². The second-order valence-electron chi connectivity index (χ2n) is 6.41. The van der Waals surface area contributed by atoms with Crippen LogP contribution in [-0.2, 0) is 9.53 Å². The highest BCUT2D eigenvalue weighted by Gasteiger charge is 2.36. The number of aryl methyl sites for hydroxylation is 1. The molecule has 2 saturated heterocycles. The largest absolute Gasteiger partial charge is 0.367 e. The molecule has 0 unspecified atom stereocenters. The normalized spacial score (nSPS) is 25.5. The molecule has 2 aliphatic heterocycles. The van der Waals surface area contributed by atoms with Crippen LogP contribution in [0.1, 0.15) is 41.7 Å². The molecule has 2 amide bonds. The summed E-state index contributed by atoms with van der Waals surface area (Å²) in [6.07, 6.45) is 4.78. The number of likely N-dealkylation sites (tertiary alicyclic amines) is 1. The summed E-state index contributed by atoms with van der Waals surface area (Å²) in [6, 6.07) is 3.62. The maximum Gasteiger partial charge on any atom is 0.255 e. The van der Waals surface area contributed by atoms with E-state index in [1.54, 1.807) is 12.3 Å². The van der Waals surface area contributed by atoms with Crippen molar-refractivity contribution >= 4 is 11.8 Å². The zero-order valence-corrected chi connectivity index (χ0v) is 13.4. The molecule has 0 aliphatic carbocycles. The molecule has 0 saturated carbocycles. The van der Waals surface area contributed by atoms with E-state index in [0.29, 0.717) is 17.9 Å². The molecule has 0 radical (unpaired) electrons. The number of rotatable bonds is 3. The van der Waals surface area contributed by atoms with Crippen molar-refractivity contribution in [1.82, 2.24) is 9.88 Å². The minimum absolute atomic E-state index is 0.0522. The predicted molar refractivity (Wildman–Crippen MR) is 84.7 cm³/mol. The van der Waals surface area contributed by atoms with Crippen molar-refractivity contribution in [2.24, 2.45) is 11.7 Å². The van der Waals surface area contributed by atoms with Crippen LogP contribution in [-0.4, -0.2) is 47.0 Å². The Kier molecular flexibility index (Phi) is 4.61. The van der Waals surface area contributed by atoms with Crippen LogP contribution in [0.15, 0.2) is 18.3 Å². The molecule has 1 aromatic rings. The van der Waals surface area contributed by atoms with E-state index in [2.05, 4.69) is 4.98 Å². The molecule has 0 aromatic carbocycles. The summed E-state index contributed by atoms with van der Waals surface area (Å²) in [5.74, 6) is 0.0852. The molecule has 124 valence electrons. The van der Waals surface area contributed by atoms with Crippen molar-refractivity contribution in [1.29, 1.82) is 0 Å². The summed E-state index contributed by atoms with van der Waals surface area (Å²) in [7, 11) is 0. The van der Waals surface area contributed by atoms with Crippen LogP contribution in [0.2, 0.25) is 0 Å². The molecular formula is C17H23N3O3. The molecule has 0 bridgehead atoms. The van der Waals surface area contributed by atoms with E-state index in [1.165, 1.54) is 0 Å². The number of nitrogens with two attached hydrogens (primary N) is 1. The number of aromatic nitrogens is 1. The first-order chi connectivity index (χ1) is 11.1. The van der Waals surface area contributed by atoms with Gasteiger partial charge in [0.2, 0.25) is 5.91 Å². The highest BCUT2D eigenvalue weighted by atomic mass is 16.5. The molecule has 23 heavy (non-hydrogen) atoms. The third-order valence-corrected chi connectivity index (χ3v) is 4.96. The van der Waals surface area contributed by atoms with Crippen molar-refractivity contribution < 1.29 is 14.3 Å². The van der Waals surface area contributed by atoms with E-state index < -0.39 is 6.10 Å².